The summed E-state index contributed by atoms with van der Waals surface area (Å²) < 4.78 is 16.8. The molecule has 8 nitrogen and oxygen atoms in total. The molecule has 1 aliphatic heterocycles. The molecule has 5 rings (SSSR count). The van der Waals surface area contributed by atoms with Crippen LogP contribution in [0.5, 0.6) is 17.2 Å². The van der Waals surface area contributed by atoms with Crippen LogP contribution in [0.1, 0.15) is 19.4 Å². The lowest BCUT2D eigenvalue weighted by atomic mass is 9.99. The molecule has 4 aromatic rings. The molecule has 0 spiro atoms. The molecule has 0 bridgehead atoms. The van der Waals surface area contributed by atoms with Crippen LogP contribution in [0.4, 0.5) is 16.3 Å². The maximum Gasteiger partial charge on any atom is 0.409 e. The fraction of sp³-hybridized carbons (Fsp3) is 0.179. The molecule has 0 saturated carbocycles. The number of methoxy groups -OCH3 is 1. The first-order valence-corrected chi connectivity index (χ1v) is 11.3. The van der Waals surface area contributed by atoms with Crippen molar-refractivity contribution in [3.8, 4) is 29.1 Å². The first-order valence-electron chi connectivity index (χ1n) is 11.3. The molecule has 1 aromatic heterocycles. The topological polar surface area (TPSA) is 94.6 Å². The number of alkyl carbamates (subject to hydrolysis) is 1. The summed E-state index contributed by atoms with van der Waals surface area (Å²) in [6.07, 6.45) is 0.495. The van der Waals surface area contributed by atoms with E-state index in [1.165, 1.54) is 6.33 Å². The van der Waals surface area contributed by atoms with Crippen molar-refractivity contribution < 1.29 is 19.0 Å². The van der Waals surface area contributed by atoms with Crippen LogP contribution < -0.4 is 20.1 Å². The number of aromatic nitrogens is 2. The fourth-order valence-corrected chi connectivity index (χ4v) is 3.79. The zero-order valence-corrected chi connectivity index (χ0v) is 20.0. The van der Waals surface area contributed by atoms with Crippen LogP contribution in [0.15, 0.2) is 73.1 Å². The van der Waals surface area contributed by atoms with E-state index in [1.807, 2.05) is 80.6 Å². The van der Waals surface area contributed by atoms with Gasteiger partial charge in [-0.3, -0.25) is 0 Å². The molecule has 1 atom stereocenters. The van der Waals surface area contributed by atoms with Crippen molar-refractivity contribution in [1.82, 2.24) is 15.3 Å². The second-order valence-corrected chi connectivity index (χ2v) is 8.76. The number of benzene rings is 3. The predicted molar refractivity (Wildman–Crippen MR) is 137 cm³/mol. The van der Waals surface area contributed by atoms with Gasteiger partial charge in [0, 0.05) is 22.7 Å². The van der Waals surface area contributed by atoms with Crippen LogP contribution in [0.25, 0.3) is 10.9 Å². The van der Waals surface area contributed by atoms with E-state index in [0.717, 1.165) is 27.9 Å². The summed E-state index contributed by atoms with van der Waals surface area (Å²) in [6.45, 7) is 3.75. The Morgan fingerprint density at radius 1 is 1.03 bits per heavy atom. The van der Waals surface area contributed by atoms with Crippen LogP contribution in [0.2, 0.25) is 0 Å². The molecule has 1 amide bonds. The highest BCUT2D eigenvalue weighted by atomic mass is 16.6. The number of nitrogens with zero attached hydrogens (tertiary/aromatic N) is 2. The monoisotopic (exact) mass is 480 g/mol. The average molecular weight is 481 g/mol. The van der Waals surface area contributed by atoms with Gasteiger partial charge in [0.15, 0.2) is 17.6 Å². The molecule has 3 aromatic carbocycles. The standard InChI is InChI=1S/C28H24N4O4/c1-28(2)25(36-27(33)32-28)14-10-18-9-12-22-21(15-18)26(30-17-29-22)31-19-11-13-23(24(16-19)34-3)35-20-7-5-4-6-8-20/h4-9,11-13,15-17,25H,1-3H3,(H,32,33)(H,29,30,31). The number of amides is 1. The highest BCUT2D eigenvalue weighted by Gasteiger charge is 2.40. The summed E-state index contributed by atoms with van der Waals surface area (Å²) in [5.74, 6) is 8.68. The van der Waals surface area contributed by atoms with Crippen molar-refractivity contribution in [3.63, 3.8) is 0 Å². The molecule has 36 heavy (non-hydrogen) atoms. The molecule has 0 aliphatic carbocycles. The number of carbonyl (C=O) groups is 1. The highest BCUT2D eigenvalue weighted by molar-refractivity contribution is 5.91. The Morgan fingerprint density at radius 2 is 1.86 bits per heavy atom. The van der Waals surface area contributed by atoms with Crippen molar-refractivity contribution in [2.24, 2.45) is 0 Å². The van der Waals surface area contributed by atoms with Gasteiger partial charge in [0.05, 0.1) is 18.2 Å². The lowest BCUT2D eigenvalue weighted by molar-refractivity contribution is 0.149. The van der Waals surface area contributed by atoms with E-state index in [1.54, 1.807) is 7.11 Å². The largest absolute Gasteiger partial charge is 0.493 e. The number of hydrogen-bond acceptors (Lipinski definition) is 7. The Kier molecular flexibility index (Phi) is 6.05. The van der Waals surface area contributed by atoms with E-state index in [9.17, 15) is 4.79 Å². The predicted octanol–water partition coefficient (Wildman–Crippen LogP) is 5.41. The summed E-state index contributed by atoms with van der Waals surface area (Å²) in [5.41, 5.74) is 1.73. The number of fused-ring (bicyclic) bond motifs is 1. The van der Waals surface area contributed by atoms with Gasteiger partial charge in [-0.2, -0.15) is 0 Å². The second-order valence-electron chi connectivity index (χ2n) is 8.76. The van der Waals surface area contributed by atoms with Crippen molar-refractivity contribution in [1.29, 1.82) is 0 Å². The average Bonchev–Trinajstić information content (AvgIpc) is 3.15. The zero-order valence-electron chi connectivity index (χ0n) is 20.0. The molecule has 1 saturated heterocycles. The SMILES string of the molecule is COc1cc(Nc2ncnc3ccc(C#CC4OC(=O)NC4(C)C)cc23)ccc1Oc1ccccc1. The molecule has 2 heterocycles. The number of rotatable bonds is 5. The maximum absolute atomic E-state index is 11.6. The summed E-state index contributed by atoms with van der Waals surface area (Å²) in [5, 5.41) is 6.90. The normalized spacial score (nSPS) is 15.9. The van der Waals surface area contributed by atoms with Gasteiger partial charge in [-0.15, -0.1) is 0 Å². The Labute approximate surface area is 208 Å². The third-order valence-corrected chi connectivity index (χ3v) is 5.68. The molecule has 2 N–H and O–H groups in total. The highest BCUT2D eigenvalue weighted by Crippen LogP contribution is 2.35. The van der Waals surface area contributed by atoms with Gasteiger partial charge in [-0.1, -0.05) is 30.0 Å². The molecular formula is C28H24N4O4. The van der Waals surface area contributed by atoms with Gasteiger partial charge < -0.3 is 24.8 Å². The lowest BCUT2D eigenvalue weighted by Gasteiger charge is -2.18. The van der Waals surface area contributed by atoms with Crippen molar-refractivity contribution in [3.05, 3.63) is 78.6 Å². The first-order chi connectivity index (χ1) is 17.4. The number of hydrogen-bond donors (Lipinski definition) is 2. The first kappa shape index (κ1) is 23.0. The molecule has 8 heteroatoms. The van der Waals surface area contributed by atoms with Gasteiger partial charge >= 0.3 is 6.09 Å². The van der Waals surface area contributed by atoms with E-state index in [2.05, 4.69) is 32.4 Å². The van der Waals surface area contributed by atoms with E-state index >= 15 is 0 Å². The van der Waals surface area contributed by atoms with Gasteiger partial charge in [0.1, 0.15) is 17.9 Å². The third kappa shape index (κ3) is 4.86. The molecular weight excluding hydrogens is 456 g/mol. The van der Waals surface area contributed by atoms with Gasteiger partial charge in [-0.05, 0) is 56.3 Å². The summed E-state index contributed by atoms with van der Waals surface area (Å²) in [7, 11) is 1.60. The molecule has 0 radical (unpaired) electrons. The van der Waals surface area contributed by atoms with Gasteiger partial charge in [0.2, 0.25) is 0 Å². The van der Waals surface area contributed by atoms with E-state index < -0.39 is 17.7 Å². The van der Waals surface area contributed by atoms with Crippen molar-refractivity contribution >= 4 is 28.5 Å². The quantitative estimate of drug-likeness (QED) is 0.369. The number of anilines is 2. The Bertz CT molecular complexity index is 1490. The Balaban J connectivity index is 1.41. The fourth-order valence-electron chi connectivity index (χ4n) is 3.79. The number of para-hydroxylation sites is 1. The number of nitrogens with one attached hydrogen (secondary N) is 2. The van der Waals surface area contributed by atoms with E-state index in [0.29, 0.717) is 17.3 Å². The minimum Gasteiger partial charge on any atom is -0.493 e. The summed E-state index contributed by atoms with van der Waals surface area (Å²) in [6, 6.07) is 20.8. The molecule has 180 valence electrons. The number of ether oxygens (including phenoxy) is 3. The molecule has 1 aliphatic rings. The van der Waals surface area contributed by atoms with Crippen molar-refractivity contribution in [2.75, 3.05) is 12.4 Å². The number of carbonyl (C=O) groups excluding carboxylic acids is 1. The maximum atomic E-state index is 11.6. The third-order valence-electron chi connectivity index (χ3n) is 5.68. The lowest BCUT2D eigenvalue weighted by Crippen LogP contribution is -2.41. The minimum atomic E-state index is -0.563. The van der Waals surface area contributed by atoms with Gasteiger partial charge in [0.25, 0.3) is 0 Å². The summed E-state index contributed by atoms with van der Waals surface area (Å²) >= 11 is 0. The minimum absolute atomic E-state index is 0.465. The van der Waals surface area contributed by atoms with Crippen molar-refractivity contribution in [2.45, 2.75) is 25.5 Å². The Morgan fingerprint density at radius 3 is 2.61 bits per heavy atom. The van der Waals surface area contributed by atoms with Gasteiger partial charge in [-0.25, -0.2) is 14.8 Å². The van der Waals surface area contributed by atoms with Crippen LogP contribution >= 0.6 is 0 Å². The van der Waals surface area contributed by atoms with Crippen LogP contribution in [-0.4, -0.2) is 34.8 Å². The van der Waals surface area contributed by atoms with Crippen LogP contribution in [-0.2, 0) is 4.74 Å². The smallest absolute Gasteiger partial charge is 0.409 e. The molecule has 1 unspecified atom stereocenters. The van der Waals surface area contributed by atoms with Crippen LogP contribution in [0, 0.1) is 11.8 Å². The number of cyclic esters (lactones) is 1. The second kappa shape index (κ2) is 9.47. The summed E-state index contributed by atoms with van der Waals surface area (Å²) in [4.78, 5) is 20.4. The Hall–Kier alpha value is -4.77. The van der Waals surface area contributed by atoms with E-state index in [4.69, 9.17) is 14.2 Å². The van der Waals surface area contributed by atoms with E-state index in [-0.39, 0.29) is 0 Å². The zero-order chi connectivity index (χ0) is 25.1. The van der Waals surface area contributed by atoms with Crippen LogP contribution in [0.3, 0.4) is 0 Å². The molecule has 1 fully saturated rings.